The quantitative estimate of drug-likeness (QED) is 0.192. The molecule has 10 heteroatoms. The van der Waals surface area contributed by atoms with Gasteiger partial charge in [0.2, 0.25) is 0 Å². The first-order chi connectivity index (χ1) is 23.3. The Hall–Kier alpha value is -3.92. The fraction of sp³-hybridized carbons (Fsp3) is 0.474. The molecule has 1 amide bonds. The molecule has 4 aromatic heterocycles. The molecule has 0 radical (unpaired) electrons. The van der Waals surface area contributed by atoms with Gasteiger partial charge in [-0.05, 0) is 13.0 Å². The van der Waals surface area contributed by atoms with E-state index in [1.54, 1.807) is 25.3 Å². The number of H-pyrrole nitrogens is 1. The molecular weight excluding hydrogens is 627 g/mol. The minimum absolute atomic E-state index is 0.146. The Morgan fingerprint density at radius 2 is 1.42 bits per heavy atom. The lowest BCUT2D eigenvalue weighted by atomic mass is 10.2. The van der Waals surface area contributed by atoms with Crippen molar-refractivity contribution >= 4 is 28.6 Å². The first kappa shape index (κ1) is 48.5. The number of nitrogens with zero attached hydrogens (tertiary/aromatic N) is 4. The monoisotopic (exact) mass is 688 g/mol. The second-order valence-electron chi connectivity index (χ2n) is 8.46. The van der Waals surface area contributed by atoms with Crippen LogP contribution < -0.4 is 5.32 Å². The maximum Gasteiger partial charge on any atom is 0.281 e. The number of amides is 1. The van der Waals surface area contributed by atoms with Crippen molar-refractivity contribution in [2.45, 2.75) is 123 Å². The maximum atomic E-state index is 13.1. The molecule has 2 N–H and O–H groups in total. The number of rotatable bonds is 5. The molecule has 0 unspecified atom stereocenters. The van der Waals surface area contributed by atoms with Crippen LogP contribution in [-0.2, 0) is 0 Å². The van der Waals surface area contributed by atoms with Crippen LogP contribution >= 0.6 is 11.3 Å². The van der Waals surface area contributed by atoms with Crippen LogP contribution in [0.4, 0.5) is 14.5 Å². The number of nitrogens with one attached hydrogen (secondary N) is 2. The van der Waals surface area contributed by atoms with Crippen LogP contribution in [0.1, 0.15) is 137 Å². The molecule has 0 fully saturated rings. The Bertz CT molecular complexity index is 1460. The largest absolute Gasteiger partial charge is 0.320 e. The van der Waals surface area contributed by atoms with Gasteiger partial charge in [-0.25, -0.2) is 18.7 Å². The molecule has 5 aromatic rings. The number of benzene rings is 1. The lowest BCUT2D eigenvalue weighted by Crippen LogP contribution is -2.13. The fourth-order valence-corrected chi connectivity index (χ4v) is 4.29. The molecule has 0 aliphatic carbocycles. The smallest absolute Gasteiger partial charge is 0.281 e. The summed E-state index contributed by atoms with van der Waals surface area (Å²) in [5.74, 6) is -0.455. The first-order valence-electron chi connectivity index (χ1n) is 17.5. The molecule has 0 aliphatic rings. The zero-order chi connectivity index (χ0) is 37.7. The summed E-state index contributed by atoms with van der Waals surface area (Å²) in [7, 11) is 0. The molecule has 0 bridgehead atoms. The van der Waals surface area contributed by atoms with E-state index in [0.29, 0.717) is 26.8 Å². The van der Waals surface area contributed by atoms with Crippen molar-refractivity contribution in [3.05, 3.63) is 77.3 Å². The number of hydrogen-bond donors (Lipinski definition) is 2. The number of anilines is 1. The van der Waals surface area contributed by atoms with Crippen molar-refractivity contribution in [2.75, 3.05) is 5.32 Å². The van der Waals surface area contributed by atoms with Crippen molar-refractivity contribution in [3.8, 4) is 21.8 Å². The minimum atomic E-state index is -2.67. The highest BCUT2D eigenvalue weighted by Crippen LogP contribution is 2.33. The second kappa shape index (κ2) is 30.4. The summed E-state index contributed by atoms with van der Waals surface area (Å²) in [6.45, 7) is 30.1. The van der Waals surface area contributed by atoms with Gasteiger partial charge in [0.05, 0.1) is 17.5 Å². The molecule has 48 heavy (non-hydrogen) atoms. The number of halogens is 2. The van der Waals surface area contributed by atoms with Crippen molar-refractivity contribution < 1.29 is 13.6 Å². The topological polar surface area (TPSA) is 88.0 Å². The van der Waals surface area contributed by atoms with Crippen LogP contribution in [0.2, 0.25) is 0 Å². The third-order valence-electron chi connectivity index (χ3n) is 4.92. The predicted octanol–water partition coefficient (Wildman–Crippen LogP) is 13.3. The number of thiazole rings is 1. The molecular formula is C38H62F2N6OS. The third-order valence-corrected chi connectivity index (χ3v) is 5.94. The summed E-state index contributed by atoms with van der Waals surface area (Å²) in [5.41, 5.74) is 3.25. The molecule has 0 saturated heterocycles. The van der Waals surface area contributed by atoms with Crippen molar-refractivity contribution in [2.24, 2.45) is 0 Å². The van der Waals surface area contributed by atoms with Gasteiger partial charge in [-0.3, -0.25) is 9.89 Å². The van der Waals surface area contributed by atoms with E-state index >= 15 is 0 Å². The van der Waals surface area contributed by atoms with Gasteiger partial charge in [0.1, 0.15) is 22.0 Å². The Balaban J connectivity index is -0.00000110. The molecule has 0 atom stereocenters. The van der Waals surface area contributed by atoms with Crippen LogP contribution in [-0.4, -0.2) is 30.5 Å². The lowest BCUT2D eigenvalue weighted by molar-refractivity contribution is 0.102. The third kappa shape index (κ3) is 15.8. The number of fused-ring (bicyclic) bond motifs is 1. The normalized spacial score (nSPS) is 8.96. The van der Waals surface area contributed by atoms with Gasteiger partial charge >= 0.3 is 0 Å². The van der Waals surface area contributed by atoms with E-state index in [1.807, 2.05) is 110 Å². The highest BCUT2D eigenvalue weighted by atomic mass is 32.1. The zero-order valence-corrected chi connectivity index (χ0v) is 32.9. The van der Waals surface area contributed by atoms with Gasteiger partial charge in [0.15, 0.2) is 0 Å². The average molecular weight is 689 g/mol. The number of carbonyl (C=O) groups is 1. The summed E-state index contributed by atoms with van der Waals surface area (Å²) < 4.78 is 28.1. The van der Waals surface area contributed by atoms with E-state index < -0.39 is 12.3 Å². The van der Waals surface area contributed by atoms with Crippen LogP contribution in [0, 0.1) is 6.92 Å². The Labute approximate surface area is 293 Å². The fourth-order valence-electron chi connectivity index (χ4n) is 3.35. The highest BCUT2D eigenvalue weighted by Gasteiger charge is 2.22. The van der Waals surface area contributed by atoms with E-state index in [-0.39, 0.29) is 11.4 Å². The minimum Gasteiger partial charge on any atom is -0.320 e. The number of aryl methyl sites for hydroxylation is 1. The van der Waals surface area contributed by atoms with Gasteiger partial charge in [0.25, 0.3) is 12.3 Å². The molecule has 1 aromatic carbocycles. The van der Waals surface area contributed by atoms with Crippen LogP contribution in [0.25, 0.3) is 27.5 Å². The Morgan fingerprint density at radius 3 is 1.92 bits per heavy atom. The second-order valence-corrected chi connectivity index (χ2v) is 9.66. The number of carbonyl (C=O) groups excluding carboxylic acids is 1. The molecule has 0 spiro atoms. The molecule has 270 valence electrons. The first-order valence-corrected chi connectivity index (χ1v) is 18.3. The molecule has 0 saturated carbocycles. The standard InChI is InChI=1S/C22H16F2N6OS.2C3H8.5C2H6/c1-12-18(20(23)24)28-22(32-12)15-10-25-29-19(15)21(31)26-14-7-8-30-11-16(27-17(30)9-14)13-5-3-2-4-6-13;2*1-3-2;5*1-2/h2-11,20H,1H3,(H,25,29)(H,26,31);2*3H2,1-2H3;5*1-2H3. The van der Waals surface area contributed by atoms with Crippen LogP contribution in [0.5, 0.6) is 0 Å². The molecule has 7 nitrogen and oxygen atoms in total. The summed E-state index contributed by atoms with van der Waals surface area (Å²) >= 11 is 1.10. The van der Waals surface area contributed by atoms with E-state index in [2.05, 4.69) is 53.2 Å². The number of alkyl halides is 2. The summed E-state index contributed by atoms with van der Waals surface area (Å²) in [4.78, 5) is 21.9. The van der Waals surface area contributed by atoms with Gasteiger partial charge in [0, 0.05) is 34.6 Å². The van der Waals surface area contributed by atoms with E-state index in [0.717, 1.165) is 22.6 Å². The molecule has 4 heterocycles. The highest BCUT2D eigenvalue weighted by molar-refractivity contribution is 7.15. The lowest BCUT2D eigenvalue weighted by Gasteiger charge is -2.05. The Morgan fingerprint density at radius 1 is 0.875 bits per heavy atom. The van der Waals surface area contributed by atoms with Crippen molar-refractivity contribution in [1.29, 1.82) is 0 Å². The summed E-state index contributed by atoms with van der Waals surface area (Å²) in [6, 6.07) is 13.3. The van der Waals surface area contributed by atoms with E-state index in [9.17, 15) is 13.6 Å². The van der Waals surface area contributed by atoms with Gasteiger partial charge in [-0.1, -0.05) is 140 Å². The van der Waals surface area contributed by atoms with Crippen LogP contribution in [0.15, 0.2) is 61.1 Å². The van der Waals surface area contributed by atoms with Gasteiger partial charge in [-0.15, -0.1) is 11.3 Å². The van der Waals surface area contributed by atoms with E-state index in [4.69, 9.17) is 0 Å². The SMILES string of the molecule is CC.CC.CC.CC.CC.CCC.CCC.Cc1sc(-c2cn[nH]c2C(=O)Nc2ccn3cc(-c4ccccc4)nc3c2)nc1C(F)F. The Kier molecular flexibility index (Phi) is 30.7. The molecule has 0 aliphatic heterocycles. The number of aromatic amines is 1. The maximum absolute atomic E-state index is 13.1. The van der Waals surface area contributed by atoms with Gasteiger partial charge in [-0.2, -0.15) is 5.10 Å². The van der Waals surface area contributed by atoms with Crippen molar-refractivity contribution in [1.82, 2.24) is 24.6 Å². The number of aromatic nitrogens is 5. The van der Waals surface area contributed by atoms with E-state index in [1.165, 1.54) is 19.0 Å². The van der Waals surface area contributed by atoms with Crippen molar-refractivity contribution in [3.63, 3.8) is 0 Å². The predicted molar refractivity (Wildman–Crippen MR) is 207 cm³/mol. The summed E-state index contributed by atoms with van der Waals surface area (Å²) in [6.07, 6.45) is 4.95. The number of hydrogen-bond acceptors (Lipinski definition) is 5. The van der Waals surface area contributed by atoms with Crippen LogP contribution in [0.3, 0.4) is 0 Å². The summed E-state index contributed by atoms with van der Waals surface area (Å²) in [5, 5.41) is 9.67. The number of imidazole rings is 1. The zero-order valence-electron chi connectivity index (χ0n) is 32.1. The number of pyridine rings is 1. The van der Waals surface area contributed by atoms with Gasteiger partial charge < -0.3 is 9.72 Å². The average Bonchev–Trinajstić information content (AvgIpc) is 3.89. The molecule has 5 rings (SSSR count).